The van der Waals surface area contributed by atoms with Gasteiger partial charge in [-0.25, -0.2) is 4.79 Å². The van der Waals surface area contributed by atoms with E-state index < -0.39 is 5.66 Å². The van der Waals surface area contributed by atoms with E-state index in [-0.39, 0.29) is 11.6 Å². The molecule has 7 nitrogen and oxygen atoms in total. The van der Waals surface area contributed by atoms with Crippen LogP contribution in [-0.4, -0.2) is 27.2 Å². The first-order chi connectivity index (χ1) is 11.1. The number of hydrogen-bond donors (Lipinski definition) is 1. The number of nitrogens with one attached hydrogen (secondary N) is 1. The second-order valence-electron chi connectivity index (χ2n) is 6.14. The highest BCUT2D eigenvalue weighted by atomic mass is 16.2. The number of aromatic nitrogens is 2. The molecule has 23 heavy (non-hydrogen) atoms. The Bertz CT molecular complexity index is 744. The maximum absolute atomic E-state index is 12.5. The number of imidazole rings is 1. The molecule has 0 saturated heterocycles. The highest BCUT2D eigenvalue weighted by Crippen LogP contribution is 2.36. The van der Waals surface area contributed by atoms with Crippen molar-refractivity contribution in [2.75, 3.05) is 6.54 Å². The maximum atomic E-state index is 12.5. The van der Waals surface area contributed by atoms with Crippen molar-refractivity contribution in [2.45, 2.75) is 50.7 Å². The van der Waals surface area contributed by atoms with Crippen molar-refractivity contribution in [1.29, 1.82) is 0 Å². The summed E-state index contributed by atoms with van der Waals surface area (Å²) in [6.07, 6.45) is 10.0. The molecule has 0 spiro atoms. The van der Waals surface area contributed by atoms with E-state index in [1.54, 1.807) is 11.6 Å². The summed E-state index contributed by atoms with van der Waals surface area (Å²) in [5.41, 5.74) is 0.829. The van der Waals surface area contributed by atoms with Gasteiger partial charge in [0.25, 0.3) is 5.91 Å². The van der Waals surface area contributed by atoms with E-state index in [0.29, 0.717) is 31.6 Å². The van der Waals surface area contributed by atoms with Gasteiger partial charge >= 0.3 is 5.69 Å². The Morgan fingerprint density at radius 2 is 2.17 bits per heavy atom. The molecule has 0 aliphatic carbocycles. The molecule has 3 heterocycles. The first-order valence-corrected chi connectivity index (χ1v) is 8.02. The van der Waals surface area contributed by atoms with E-state index in [4.69, 9.17) is 6.42 Å². The van der Waals surface area contributed by atoms with Crippen LogP contribution in [-0.2, 0) is 20.0 Å². The van der Waals surface area contributed by atoms with Crippen LogP contribution < -0.4 is 11.0 Å². The van der Waals surface area contributed by atoms with Gasteiger partial charge in [-0.2, -0.15) is 10.2 Å². The van der Waals surface area contributed by atoms with Gasteiger partial charge in [-0.15, -0.1) is 12.3 Å². The summed E-state index contributed by atoms with van der Waals surface area (Å²) >= 11 is 0. The van der Waals surface area contributed by atoms with Gasteiger partial charge in [0.15, 0.2) is 5.66 Å². The molecule has 122 valence electrons. The summed E-state index contributed by atoms with van der Waals surface area (Å²) in [7, 11) is 1.66. The second kappa shape index (κ2) is 6.03. The highest BCUT2D eigenvalue weighted by Gasteiger charge is 2.38. The minimum Gasteiger partial charge on any atom is -0.351 e. The van der Waals surface area contributed by atoms with Crippen LogP contribution in [0.5, 0.6) is 0 Å². The Morgan fingerprint density at radius 3 is 2.87 bits per heavy atom. The molecule has 1 aromatic heterocycles. The molecule has 0 saturated carbocycles. The van der Waals surface area contributed by atoms with Crippen molar-refractivity contribution in [2.24, 2.45) is 17.3 Å². The van der Waals surface area contributed by atoms with E-state index in [2.05, 4.69) is 21.5 Å². The predicted molar refractivity (Wildman–Crippen MR) is 85.2 cm³/mol. The summed E-state index contributed by atoms with van der Waals surface area (Å²) in [6, 6.07) is 0. The van der Waals surface area contributed by atoms with Gasteiger partial charge in [-0.1, -0.05) is 0 Å². The predicted octanol–water partition coefficient (Wildman–Crippen LogP) is 1.22. The van der Waals surface area contributed by atoms with Gasteiger partial charge in [-0.05, 0) is 19.3 Å². The van der Waals surface area contributed by atoms with E-state index in [1.807, 2.05) is 0 Å². The molecule has 2 aliphatic heterocycles. The lowest BCUT2D eigenvalue weighted by molar-refractivity contribution is 0.0942. The average molecular weight is 315 g/mol. The summed E-state index contributed by atoms with van der Waals surface area (Å²) in [4.78, 5) is 24.7. The minimum absolute atomic E-state index is 0.109. The Morgan fingerprint density at radius 1 is 1.39 bits per heavy atom. The van der Waals surface area contributed by atoms with Crippen LogP contribution in [0.1, 0.15) is 48.3 Å². The zero-order valence-corrected chi connectivity index (χ0v) is 13.3. The van der Waals surface area contributed by atoms with E-state index in [1.165, 1.54) is 4.57 Å². The fraction of sp³-hybridized carbons (Fsp3) is 0.625. The first-order valence-electron chi connectivity index (χ1n) is 8.02. The fourth-order valence-corrected chi connectivity index (χ4v) is 3.17. The number of carbonyl (C=O) groups is 1. The summed E-state index contributed by atoms with van der Waals surface area (Å²) in [5, 5.41) is 11.0. The zero-order valence-electron chi connectivity index (χ0n) is 13.3. The molecule has 0 bridgehead atoms. The smallest absolute Gasteiger partial charge is 0.328 e. The van der Waals surface area contributed by atoms with Crippen molar-refractivity contribution in [3.05, 3.63) is 21.9 Å². The molecular formula is C16H21N5O2. The van der Waals surface area contributed by atoms with E-state index >= 15 is 0 Å². The molecule has 0 fully saturated rings. The largest absolute Gasteiger partial charge is 0.351 e. The van der Waals surface area contributed by atoms with E-state index in [9.17, 15) is 9.59 Å². The van der Waals surface area contributed by atoms with Gasteiger partial charge in [0.05, 0.1) is 5.69 Å². The second-order valence-corrected chi connectivity index (χ2v) is 6.14. The quantitative estimate of drug-likeness (QED) is 0.801. The topological polar surface area (TPSA) is 80.8 Å². The zero-order chi connectivity index (χ0) is 16.4. The number of amides is 1. The van der Waals surface area contributed by atoms with Crippen LogP contribution in [0.25, 0.3) is 0 Å². The number of carbonyl (C=O) groups excluding carboxylic acids is 1. The monoisotopic (exact) mass is 315 g/mol. The summed E-state index contributed by atoms with van der Waals surface area (Å²) in [6.45, 7) is 1.16. The lowest BCUT2D eigenvalue weighted by atomic mass is 10.0. The SMILES string of the molecule is C#CCCC1(CCNC(=O)c2c3n(c(=O)n2C)CCCC3)N=N1. The maximum Gasteiger partial charge on any atom is 0.328 e. The van der Waals surface area contributed by atoms with Crippen molar-refractivity contribution in [1.82, 2.24) is 14.5 Å². The molecule has 1 aromatic rings. The van der Waals surface area contributed by atoms with Gasteiger partial charge < -0.3 is 5.32 Å². The lowest BCUT2D eigenvalue weighted by Crippen LogP contribution is -2.31. The average Bonchev–Trinajstić information content (AvgIpc) is 3.27. The summed E-state index contributed by atoms with van der Waals surface area (Å²) in [5.74, 6) is 2.38. The molecule has 0 radical (unpaired) electrons. The summed E-state index contributed by atoms with van der Waals surface area (Å²) < 4.78 is 3.17. The molecule has 2 aliphatic rings. The normalized spacial score (nSPS) is 17.4. The Kier molecular flexibility index (Phi) is 4.07. The Labute approximate surface area is 134 Å². The Balaban J connectivity index is 1.63. The van der Waals surface area contributed by atoms with Crippen LogP contribution in [0.2, 0.25) is 0 Å². The molecule has 1 amide bonds. The van der Waals surface area contributed by atoms with Crippen molar-refractivity contribution in [3.63, 3.8) is 0 Å². The molecule has 0 unspecified atom stereocenters. The van der Waals surface area contributed by atoms with Crippen molar-refractivity contribution >= 4 is 5.91 Å². The van der Waals surface area contributed by atoms with Crippen LogP contribution in [0.3, 0.4) is 0 Å². The minimum atomic E-state index is -0.397. The van der Waals surface area contributed by atoms with Gasteiger partial charge in [0.1, 0.15) is 5.69 Å². The van der Waals surface area contributed by atoms with Crippen molar-refractivity contribution in [3.8, 4) is 12.3 Å². The molecule has 7 heteroatoms. The molecule has 3 rings (SSSR count). The standard InChI is InChI=1S/C16H21N5O2/c1-3-4-8-16(18-19-16)9-10-17-14(22)13-12-7-5-6-11-21(12)15(23)20(13)2/h1H,4-11H2,2H3,(H,17,22). The number of terminal acetylenes is 1. The third-order valence-electron chi connectivity index (χ3n) is 4.58. The van der Waals surface area contributed by atoms with Gasteiger partial charge in [0, 0.05) is 39.4 Å². The van der Waals surface area contributed by atoms with E-state index in [0.717, 1.165) is 31.4 Å². The van der Waals surface area contributed by atoms with Crippen LogP contribution in [0, 0.1) is 12.3 Å². The lowest BCUT2D eigenvalue weighted by Gasteiger charge is -2.15. The molecule has 0 atom stereocenters. The van der Waals surface area contributed by atoms with Crippen LogP contribution >= 0.6 is 0 Å². The van der Waals surface area contributed by atoms with Gasteiger partial charge in [-0.3, -0.25) is 13.9 Å². The Hall–Kier alpha value is -2.36. The number of fused-ring (bicyclic) bond motifs is 1. The number of hydrogen-bond acceptors (Lipinski definition) is 4. The number of rotatable bonds is 6. The highest BCUT2D eigenvalue weighted by molar-refractivity contribution is 5.93. The van der Waals surface area contributed by atoms with Gasteiger partial charge in [0.2, 0.25) is 0 Å². The third-order valence-corrected chi connectivity index (χ3v) is 4.58. The molecular weight excluding hydrogens is 294 g/mol. The third kappa shape index (κ3) is 2.93. The number of nitrogens with zero attached hydrogens (tertiary/aromatic N) is 4. The van der Waals surface area contributed by atoms with Crippen LogP contribution in [0.4, 0.5) is 0 Å². The fourth-order valence-electron chi connectivity index (χ4n) is 3.17. The molecule has 0 aromatic carbocycles. The first kappa shape index (κ1) is 15.5. The molecule has 1 N–H and O–H groups in total. The van der Waals surface area contributed by atoms with Crippen LogP contribution in [0.15, 0.2) is 15.0 Å². The van der Waals surface area contributed by atoms with Crippen molar-refractivity contribution < 1.29 is 4.79 Å².